The van der Waals surface area contributed by atoms with Gasteiger partial charge in [-0.2, -0.15) is 5.10 Å². The molecule has 0 spiro atoms. The molecule has 0 atom stereocenters. The quantitative estimate of drug-likeness (QED) is 0.402. The molecule has 5 heteroatoms. The molecular formula is C17H21ClN2OS. The summed E-state index contributed by atoms with van der Waals surface area (Å²) >= 11 is 7.70. The second-order valence-corrected chi connectivity index (χ2v) is 6.78. The lowest BCUT2D eigenvalue weighted by Gasteiger charge is -1.97. The first-order chi connectivity index (χ1) is 10.6. The van der Waals surface area contributed by atoms with Crippen molar-refractivity contribution in [1.82, 2.24) is 5.43 Å². The van der Waals surface area contributed by atoms with E-state index in [0.717, 1.165) is 28.5 Å². The Morgan fingerprint density at radius 2 is 2.18 bits per heavy atom. The van der Waals surface area contributed by atoms with E-state index in [9.17, 15) is 4.79 Å². The first-order valence-corrected chi connectivity index (χ1v) is 8.83. The van der Waals surface area contributed by atoms with Gasteiger partial charge in [0.05, 0.1) is 5.02 Å². The van der Waals surface area contributed by atoms with Crippen LogP contribution in [0.4, 0.5) is 0 Å². The number of fused-ring (bicyclic) bond motifs is 1. The van der Waals surface area contributed by atoms with Crippen LogP contribution in [0, 0.1) is 6.92 Å². The number of carbonyl (C=O) groups excluding carboxylic acids is 1. The van der Waals surface area contributed by atoms with Gasteiger partial charge in [-0.3, -0.25) is 4.79 Å². The van der Waals surface area contributed by atoms with Gasteiger partial charge in [-0.1, -0.05) is 49.9 Å². The summed E-state index contributed by atoms with van der Waals surface area (Å²) < 4.78 is 1.03. The number of nitrogens with zero attached hydrogens (tertiary/aromatic N) is 1. The summed E-state index contributed by atoms with van der Waals surface area (Å²) in [5.74, 6) is -0.242. The van der Waals surface area contributed by atoms with E-state index in [0.29, 0.717) is 9.90 Å². The van der Waals surface area contributed by atoms with E-state index in [1.165, 1.54) is 30.6 Å². The molecule has 0 fully saturated rings. The van der Waals surface area contributed by atoms with Crippen LogP contribution in [0.1, 0.15) is 54.3 Å². The van der Waals surface area contributed by atoms with Crippen LogP contribution in [0.5, 0.6) is 0 Å². The fraction of sp³-hybridized carbons (Fsp3) is 0.412. The Bertz CT molecular complexity index is 679. The van der Waals surface area contributed by atoms with Gasteiger partial charge in [0.1, 0.15) is 4.88 Å². The number of hydrazone groups is 1. The van der Waals surface area contributed by atoms with Crippen LogP contribution in [0.3, 0.4) is 0 Å². The third-order valence-corrected chi connectivity index (χ3v) is 5.09. The summed E-state index contributed by atoms with van der Waals surface area (Å²) in [6.45, 7) is 4.21. The largest absolute Gasteiger partial charge is 0.282 e. The fourth-order valence-electron chi connectivity index (χ4n) is 2.20. The van der Waals surface area contributed by atoms with Gasteiger partial charge in [0.15, 0.2) is 0 Å². The van der Waals surface area contributed by atoms with Crippen molar-refractivity contribution in [2.45, 2.75) is 46.0 Å². The van der Waals surface area contributed by atoms with E-state index < -0.39 is 0 Å². The highest BCUT2D eigenvalue weighted by molar-refractivity contribution is 7.21. The van der Waals surface area contributed by atoms with Crippen molar-refractivity contribution in [3.63, 3.8) is 0 Å². The molecule has 0 aliphatic rings. The van der Waals surface area contributed by atoms with Crippen LogP contribution < -0.4 is 5.43 Å². The number of amides is 1. The number of benzene rings is 1. The van der Waals surface area contributed by atoms with Gasteiger partial charge in [-0.15, -0.1) is 11.3 Å². The number of aryl methyl sites for hydroxylation is 1. The average molecular weight is 337 g/mol. The third kappa shape index (κ3) is 4.31. The molecule has 2 rings (SSSR count). The molecule has 118 valence electrons. The minimum absolute atomic E-state index is 0.242. The highest BCUT2D eigenvalue weighted by Gasteiger charge is 2.16. The van der Waals surface area contributed by atoms with Crippen LogP contribution in [-0.2, 0) is 0 Å². The van der Waals surface area contributed by atoms with E-state index >= 15 is 0 Å². The molecule has 0 saturated carbocycles. The topological polar surface area (TPSA) is 41.5 Å². The molecule has 1 N–H and O–H groups in total. The van der Waals surface area contributed by atoms with E-state index in [1.807, 2.05) is 25.1 Å². The molecule has 22 heavy (non-hydrogen) atoms. The van der Waals surface area contributed by atoms with Crippen molar-refractivity contribution in [1.29, 1.82) is 0 Å². The monoisotopic (exact) mass is 336 g/mol. The van der Waals surface area contributed by atoms with Crippen LogP contribution >= 0.6 is 22.9 Å². The summed E-state index contributed by atoms with van der Waals surface area (Å²) in [7, 11) is 0. The molecule has 0 aliphatic heterocycles. The number of hydrogen-bond donors (Lipinski definition) is 1. The Balaban J connectivity index is 1.95. The van der Waals surface area contributed by atoms with E-state index in [-0.39, 0.29) is 5.91 Å². The summed E-state index contributed by atoms with van der Waals surface area (Å²) in [6.07, 6.45) is 7.43. The van der Waals surface area contributed by atoms with Crippen molar-refractivity contribution in [3.8, 4) is 0 Å². The van der Waals surface area contributed by atoms with Crippen LogP contribution in [0.25, 0.3) is 10.1 Å². The Morgan fingerprint density at radius 3 is 2.95 bits per heavy atom. The molecule has 0 saturated heterocycles. The van der Waals surface area contributed by atoms with Crippen molar-refractivity contribution < 1.29 is 4.79 Å². The van der Waals surface area contributed by atoms with E-state index in [2.05, 4.69) is 17.5 Å². The van der Waals surface area contributed by atoms with Gasteiger partial charge in [0, 0.05) is 16.3 Å². The predicted molar refractivity (Wildman–Crippen MR) is 96.3 cm³/mol. The highest BCUT2D eigenvalue weighted by Crippen LogP contribution is 2.35. The van der Waals surface area contributed by atoms with Crippen molar-refractivity contribution >= 4 is 45.1 Å². The number of carbonyl (C=O) groups is 1. The molecule has 1 aromatic carbocycles. The zero-order valence-corrected chi connectivity index (χ0v) is 14.6. The first-order valence-electron chi connectivity index (χ1n) is 7.64. The summed E-state index contributed by atoms with van der Waals surface area (Å²) in [6, 6.07) is 5.99. The zero-order valence-electron chi connectivity index (χ0n) is 13.0. The van der Waals surface area contributed by atoms with Crippen LogP contribution in [-0.4, -0.2) is 12.1 Å². The molecular weight excluding hydrogens is 316 g/mol. The second kappa shape index (κ2) is 8.30. The molecule has 0 radical (unpaired) electrons. The van der Waals surface area contributed by atoms with Crippen LogP contribution in [0.15, 0.2) is 23.3 Å². The van der Waals surface area contributed by atoms with E-state index in [1.54, 1.807) is 6.21 Å². The minimum Gasteiger partial charge on any atom is -0.266 e. The third-order valence-electron chi connectivity index (χ3n) is 3.44. The molecule has 3 nitrogen and oxygen atoms in total. The smallest absolute Gasteiger partial charge is 0.266 e. The molecule has 2 aromatic rings. The lowest BCUT2D eigenvalue weighted by atomic mass is 10.2. The van der Waals surface area contributed by atoms with Crippen LogP contribution in [0.2, 0.25) is 5.02 Å². The molecule has 1 heterocycles. The Kier molecular flexibility index (Phi) is 6.40. The standard InChI is InChI=1S/C17H21ClN2OS/c1-3-4-5-6-7-10-19-20-17(21)16-15(18)13-9-8-12(2)11-14(13)22-16/h8-11H,3-7H2,1-2H3,(H,20,21)/b19-10-. The van der Waals surface area contributed by atoms with Gasteiger partial charge in [0.25, 0.3) is 5.91 Å². The molecule has 0 aliphatic carbocycles. The number of halogens is 1. The molecule has 0 unspecified atom stereocenters. The van der Waals surface area contributed by atoms with Crippen molar-refractivity contribution in [2.24, 2.45) is 5.10 Å². The maximum Gasteiger partial charge on any atom is 0.282 e. The zero-order chi connectivity index (χ0) is 15.9. The second-order valence-electron chi connectivity index (χ2n) is 5.35. The van der Waals surface area contributed by atoms with Crippen molar-refractivity contribution in [3.05, 3.63) is 33.7 Å². The summed E-state index contributed by atoms with van der Waals surface area (Å²) in [4.78, 5) is 12.7. The SMILES string of the molecule is CCCCCC/C=N\NC(=O)c1sc2cc(C)ccc2c1Cl. The molecule has 1 aromatic heterocycles. The first kappa shape index (κ1) is 17.0. The average Bonchev–Trinajstić information content (AvgIpc) is 2.82. The molecule has 0 bridgehead atoms. The number of thiophene rings is 1. The predicted octanol–water partition coefficient (Wildman–Crippen LogP) is 5.55. The normalized spacial score (nSPS) is 11.4. The van der Waals surface area contributed by atoms with E-state index in [4.69, 9.17) is 11.6 Å². The van der Waals surface area contributed by atoms with Crippen molar-refractivity contribution in [2.75, 3.05) is 0 Å². The van der Waals surface area contributed by atoms with Gasteiger partial charge < -0.3 is 0 Å². The lowest BCUT2D eigenvalue weighted by Crippen LogP contribution is -2.16. The number of rotatable bonds is 7. The maximum absolute atomic E-state index is 12.2. The number of hydrogen-bond acceptors (Lipinski definition) is 3. The highest BCUT2D eigenvalue weighted by atomic mass is 35.5. The fourth-order valence-corrected chi connectivity index (χ4v) is 3.71. The van der Waals surface area contributed by atoms with Gasteiger partial charge >= 0.3 is 0 Å². The van der Waals surface area contributed by atoms with Gasteiger partial charge in [-0.25, -0.2) is 5.43 Å². The Hall–Kier alpha value is -1.39. The molecule has 1 amide bonds. The maximum atomic E-state index is 12.2. The van der Waals surface area contributed by atoms with Gasteiger partial charge in [-0.05, 0) is 31.4 Å². The number of nitrogens with one attached hydrogen (secondary N) is 1. The Morgan fingerprint density at radius 1 is 1.36 bits per heavy atom. The number of unbranched alkanes of at least 4 members (excludes halogenated alkanes) is 4. The minimum atomic E-state index is -0.242. The van der Waals surface area contributed by atoms with Gasteiger partial charge in [0.2, 0.25) is 0 Å². The Labute approximate surface area is 140 Å². The lowest BCUT2D eigenvalue weighted by molar-refractivity contribution is 0.0959. The summed E-state index contributed by atoms with van der Waals surface area (Å²) in [5.41, 5.74) is 3.72. The summed E-state index contributed by atoms with van der Waals surface area (Å²) in [5, 5.41) is 5.43.